The molecule has 1 aliphatic rings. The molecule has 3 heterocycles. The molecule has 1 fully saturated rings. The van der Waals surface area contributed by atoms with Gasteiger partial charge in [-0.25, -0.2) is 9.59 Å². The van der Waals surface area contributed by atoms with E-state index in [1.165, 1.54) is 0 Å². The molecule has 1 saturated heterocycles. The van der Waals surface area contributed by atoms with Gasteiger partial charge in [-0.1, -0.05) is 108 Å². The minimum Gasteiger partial charge on any atom is -0.465 e. The first kappa shape index (κ1) is 43.3. The third-order valence-electron chi connectivity index (χ3n) is 10.3. The highest BCUT2D eigenvalue weighted by molar-refractivity contribution is 5.89. The Kier molecular flexibility index (Phi) is 14.2. The second-order valence-electron chi connectivity index (χ2n) is 17.2. The lowest BCUT2D eigenvalue weighted by Gasteiger charge is -2.38. The number of aliphatic hydroxyl groups excluding tert-OH is 1. The van der Waals surface area contributed by atoms with Crippen LogP contribution in [0.1, 0.15) is 64.8 Å². The van der Waals surface area contributed by atoms with Gasteiger partial charge >= 0.3 is 12.1 Å². The van der Waals surface area contributed by atoms with E-state index >= 15 is 0 Å². The fourth-order valence-corrected chi connectivity index (χ4v) is 7.45. The van der Waals surface area contributed by atoms with Crippen LogP contribution in [0.25, 0.3) is 11.3 Å². The molecule has 0 unspecified atom stereocenters. The molecule has 0 saturated carbocycles. The van der Waals surface area contributed by atoms with Gasteiger partial charge in [-0.05, 0) is 65.5 Å². The molecule has 58 heavy (non-hydrogen) atoms. The smallest absolute Gasteiger partial charge is 0.405 e. The van der Waals surface area contributed by atoms with E-state index in [9.17, 15) is 29.4 Å². The van der Waals surface area contributed by atoms with Gasteiger partial charge in [-0.15, -0.1) is 0 Å². The van der Waals surface area contributed by atoms with Crippen LogP contribution in [0.3, 0.4) is 0 Å². The lowest BCUT2D eigenvalue weighted by molar-refractivity contribution is -0.131. The maximum atomic E-state index is 14.5. The summed E-state index contributed by atoms with van der Waals surface area (Å²) in [6.45, 7) is 12.2. The fraction of sp³-hybridized carbons (Fsp3) is 0.422. The summed E-state index contributed by atoms with van der Waals surface area (Å²) in [7, 11) is 0. The van der Waals surface area contributed by atoms with E-state index in [1.54, 1.807) is 43.0 Å². The van der Waals surface area contributed by atoms with Gasteiger partial charge in [0.1, 0.15) is 12.1 Å². The van der Waals surface area contributed by atoms with Crippen molar-refractivity contribution in [2.24, 2.45) is 10.8 Å². The molecule has 13 nitrogen and oxygen atoms in total. The summed E-state index contributed by atoms with van der Waals surface area (Å²) in [6, 6.07) is 24.8. The number of amides is 5. The van der Waals surface area contributed by atoms with Crippen LogP contribution in [-0.2, 0) is 29.0 Å². The number of carbonyl (C=O) groups excluding carboxylic acids is 3. The third-order valence-corrected chi connectivity index (χ3v) is 10.3. The monoisotopic (exact) mass is 791 g/mol. The summed E-state index contributed by atoms with van der Waals surface area (Å²) in [4.78, 5) is 66.1. The van der Waals surface area contributed by atoms with Crippen molar-refractivity contribution in [2.45, 2.75) is 97.6 Å². The summed E-state index contributed by atoms with van der Waals surface area (Å²) in [5.41, 5.74) is 2.79. The average Bonchev–Trinajstić information content (AvgIpc) is 3.51. The molecule has 308 valence electrons. The number of aromatic nitrogens is 2. The Morgan fingerprint density at radius 3 is 1.95 bits per heavy atom. The highest BCUT2D eigenvalue weighted by atomic mass is 16.4. The number of hydrogen-bond donors (Lipinski definition) is 5. The van der Waals surface area contributed by atoms with Crippen molar-refractivity contribution in [2.75, 3.05) is 13.1 Å². The lowest BCUT2D eigenvalue weighted by atomic mass is 9.84. The van der Waals surface area contributed by atoms with Crippen molar-refractivity contribution in [3.05, 3.63) is 120 Å². The van der Waals surface area contributed by atoms with Crippen molar-refractivity contribution in [1.29, 1.82) is 0 Å². The minimum atomic E-state index is -1.33. The average molecular weight is 792 g/mol. The van der Waals surface area contributed by atoms with E-state index in [4.69, 9.17) is 0 Å². The third kappa shape index (κ3) is 11.9. The van der Waals surface area contributed by atoms with E-state index in [0.29, 0.717) is 26.1 Å². The van der Waals surface area contributed by atoms with Crippen LogP contribution in [0.5, 0.6) is 0 Å². The van der Waals surface area contributed by atoms with Gasteiger partial charge in [0.2, 0.25) is 11.8 Å². The van der Waals surface area contributed by atoms with E-state index in [0.717, 1.165) is 28.1 Å². The van der Waals surface area contributed by atoms with Crippen LogP contribution in [0.2, 0.25) is 0 Å². The number of hydrogen-bond acceptors (Lipinski definition) is 7. The normalized spacial score (nSPS) is 15.9. The molecule has 0 aliphatic carbocycles. The Morgan fingerprint density at radius 1 is 0.724 bits per heavy atom. The zero-order valence-electron chi connectivity index (χ0n) is 34.3. The second-order valence-corrected chi connectivity index (χ2v) is 17.2. The SMILES string of the molecule is CC(C)(C)[C@H](NC(=O)O)C(=O)N[C@@H](Cc1ccc(-c2ccccn2)cc1)C[C@H](O)[C@H](Cc1ccccc1)NC(=O)[C@@H](N1CCN(Cc2ccccn2)C1=O)C(C)(C)C. The van der Waals surface area contributed by atoms with E-state index < -0.39 is 59.0 Å². The van der Waals surface area contributed by atoms with Gasteiger partial charge in [0.05, 0.1) is 30.1 Å². The molecule has 2 aromatic heterocycles. The number of benzene rings is 2. The van der Waals surface area contributed by atoms with Crippen LogP contribution in [0.15, 0.2) is 103 Å². The Hall–Kier alpha value is -5.82. The maximum Gasteiger partial charge on any atom is 0.405 e. The van der Waals surface area contributed by atoms with Gasteiger partial charge in [0.15, 0.2) is 0 Å². The summed E-state index contributed by atoms with van der Waals surface area (Å²) < 4.78 is 0. The molecule has 2 aromatic carbocycles. The van der Waals surface area contributed by atoms with Crippen LogP contribution >= 0.6 is 0 Å². The van der Waals surface area contributed by atoms with Crippen molar-refractivity contribution >= 4 is 23.9 Å². The first-order valence-electron chi connectivity index (χ1n) is 19.8. The summed E-state index contributed by atoms with van der Waals surface area (Å²) in [5.74, 6) is -0.930. The zero-order chi connectivity index (χ0) is 42.0. The second kappa shape index (κ2) is 19.1. The Labute approximate surface area is 341 Å². The number of rotatable bonds is 16. The molecule has 1 aliphatic heterocycles. The first-order chi connectivity index (χ1) is 27.5. The molecule has 0 bridgehead atoms. The first-order valence-corrected chi connectivity index (χ1v) is 19.8. The predicted octanol–water partition coefficient (Wildman–Crippen LogP) is 5.68. The number of urea groups is 1. The molecule has 0 radical (unpaired) electrons. The molecule has 5 amide bonds. The van der Waals surface area contributed by atoms with Crippen LogP contribution in [0, 0.1) is 10.8 Å². The number of nitrogens with zero attached hydrogens (tertiary/aromatic N) is 4. The van der Waals surface area contributed by atoms with Crippen LogP contribution in [-0.4, -0.2) is 97.3 Å². The van der Waals surface area contributed by atoms with Crippen molar-refractivity contribution in [3.8, 4) is 11.3 Å². The zero-order valence-corrected chi connectivity index (χ0v) is 34.3. The molecule has 5 rings (SSSR count). The van der Waals surface area contributed by atoms with Crippen LogP contribution < -0.4 is 16.0 Å². The quantitative estimate of drug-likeness (QED) is 0.0963. The number of pyridine rings is 2. The number of aliphatic hydroxyl groups is 1. The highest BCUT2D eigenvalue weighted by Crippen LogP contribution is 2.29. The number of nitrogens with one attached hydrogen (secondary N) is 3. The minimum absolute atomic E-state index is 0.0239. The molecule has 4 aromatic rings. The molecular weight excluding hydrogens is 735 g/mol. The Bertz CT molecular complexity index is 1970. The van der Waals surface area contributed by atoms with E-state index in [2.05, 4.69) is 25.9 Å². The molecule has 5 N–H and O–H groups in total. The number of carbonyl (C=O) groups is 4. The maximum absolute atomic E-state index is 14.5. The Morgan fingerprint density at radius 2 is 1.36 bits per heavy atom. The van der Waals surface area contributed by atoms with Crippen molar-refractivity contribution in [1.82, 2.24) is 35.7 Å². The largest absolute Gasteiger partial charge is 0.465 e. The standard InChI is InChI=1S/C45H57N7O6/c1-44(2,3)38(50-42(56)57)40(54)48-34(26-31-18-20-32(21-19-31)35-17-11-13-23-47-35)28-37(53)36(27-30-14-8-7-9-15-30)49-41(55)39(45(4,5)6)52-25-24-51(43(52)58)29-33-16-10-12-22-46-33/h7-23,34,36-39,50,53H,24-29H2,1-6H3,(H,48,54)(H,49,55)(H,56,57)/t34-,36-,37-,38+,39+/m0/s1. The fourth-order valence-electron chi connectivity index (χ4n) is 7.45. The van der Waals surface area contributed by atoms with Gasteiger partial charge < -0.3 is 36.0 Å². The number of carboxylic acid groups (broad SMARTS) is 1. The van der Waals surface area contributed by atoms with Crippen LogP contribution in [0.4, 0.5) is 9.59 Å². The molecule has 0 spiro atoms. The van der Waals surface area contributed by atoms with Crippen molar-refractivity contribution < 1.29 is 29.4 Å². The van der Waals surface area contributed by atoms with Gasteiger partial charge in [-0.3, -0.25) is 19.6 Å². The van der Waals surface area contributed by atoms with Gasteiger partial charge in [0, 0.05) is 37.1 Å². The topological polar surface area (TPSA) is 177 Å². The lowest BCUT2D eigenvalue weighted by Crippen LogP contribution is -2.59. The summed E-state index contributed by atoms with van der Waals surface area (Å²) in [6.07, 6.45) is 1.52. The predicted molar refractivity (Wildman–Crippen MR) is 222 cm³/mol. The van der Waals surface area contributed by atoms with Crippen molar-refractivity contribution in [3.63, 3.8) is 0 Å². The van der Waals surface area contributed by atoms with Gasteiger partial charge in [-0.2, -0.15) is 0 Å². The Balaban J connectivity index is 1.41. The molecule has 5 atom stereocenters. The molecule has 13 heteroatoms. The highest BCUT2D eigenvalue weighted by Gasteiger charge is 2.44. The summed E-state index contributed by atoms with van der Waals surface area (Å²) >= 11 is 0. The summed E-state index contributed by atoms with van der Waals surface area (Å²) in [5, 5.41) is 30.3. The van der Waals surface area contributed by atoms with Gasteiger partial charge in [0.25, 0.3) is 0 Å². The van der Waals surface area contributed by atoms with E-state index in [-0.39, 0.29) is 18.9 Å². The molecular formula is C45H57N7O6. The van der Waals surface area contributed by atoms with E-state index in [1.807, 2.05) is 112 Å².